The van der Waals surface area contributed by atoms with Crippen molar-refractivity contribution in [3.8, 4) is 11.6 Å². The number of likely N-dealkylation sites (tertiary alicyclic amines) is 1. The number of methoxy groups -OCH3 is 1. The van der Waals surface area contributed by atoms with E-state index in [-0.39, 0.29) is 12.1 Å². The zero-order valence-corrected chi connectivity index (χ0v) is 17.2. The van der Waals surface area contributed by atoms with Crippen LogP contribution in [0.15, 0.2) is 30.3 Å². The quantitative estimate of drug-likeness (QED) is 0.575. The van der Waals surface area contributed by atoms with E-state index in [1.165, 1.54) is 12.0 Å². The molecule has 5 nitrogen and oxygen atoms in total. The number of hydrogen-bond donors (Lipinski definition) is 0. The van der Waals surface area contributed by atoms with Crippen molar-refractivity contribution in [3.05, 3.63) is 52.7 Å². The molecular weight excluding hydrogens is 442 g/mol. The van der Waals surface area contributed by atoms with Crippen LogP contribution >= 0.6 is 0 Å². The van der Waals surface area contributed by atoms with E-state index in [9.17, 15) is 31.1 Å². The fraction of sp³-hybridized carbons (Fsp3) is 0.429. The van der Waals surface area contributed by atoms with Crippen LogP contribution in [0, 0.1) is 6.92 Å². The van der Waals surface area contributed by atoms with Crippen molar-refractivity contribution in [2.24, 2.45) is 0 Å². The predicted molar refractivity (Wildman–Crippen MR) is 101 cm³/mol. The van der Waals surface area contributed by atoms with Crippen LogP contribution in [0.25, 0.3) is 0 Å². The summed E-state index contributed by atoms with van der Waals surface area (Å²) in [5.74, 6) is -0.845. The number of benzene rings is 1. The molecule has 0 N–H and O–H groups in total. The number of alkyl halides is 6. The minimum absolute atomic E-state index is 0.100. The average molecular weight is 462 g/mol. The number of carbonyl (C=O) groups excluding carboxylic acids is 1. The summed E-state index contributed by atoms with van der Waals surface area (Å²) in [4.78, 5) is 17.3. The molecule has 1 saturated heterocycles. The lowest BCUT2D eigenvalue weighted by Crippen LogP contribution is -2.35. The van der Waals surface area contributed by atoms with Gasteiger partial charge < -0.3 is 14.4 Å². The highest BCUT2D eigenvalue weighted by atomic mass is 19.4. The van der Waals surface area contributed by atoms with E-state index in [0.29, 0.717) is 31.2 Å². The number of aromatic nitrogens is 1. The van der Waals surface area contributed by atoms with Gasteiger partial charge in [-0.2, -0.15) is 26.3 Å². The van der Waals surface area contributed by atoms with Crippen LogP contribution in [-0.2, 0) is 17.1 Å². The number of rotatable bonds is 5. The highest BCUT2D eigenvalue weighted by Crippen LogP contribution is 2.38. The van der Waals surface area contributed by atoms with E-state index in [2.05, 4.69) is 4.98 Å². The Hall–Kier alpha value is -2.98. The maximum atomic E-state index is 13.0. The SMILES string of the molecule is COc1cccc([C@@H]2CCCN2C(=O)COc2cc(C(F)(F)F)cc(C(F)(F)F)n2)c1C. The lowest BCUT2D eigenvalue weighted by Gasteiger charge is -2.27. The number of carbonyl (C=O) groups is 1. The Balaban J connectivity index is 1.79. The molecule has 11 heteroatoms. The van der Waals surface area contributed by atoms with Crippen molar-refractivity contribution < 1.29 is 40.6 Å². The van der Waals surface area contributed by atoms with Crippen molar-refractivity contribution in [3.63, 3.8) is 0 Å². The molecule has 1 aromatic carbocycles. The van der Waals surface area contributed by atoms with Gasteiger partial charge in [0.25, 0.3) is 5.91 Å². The van der Waals surface area contributed by atoms with Gasteiger partial charge in [-0.1, -0.05) is 12.1 Å². The first kappa shape index (κ1) is 23.7. The minimum atomic E-state index is -5.10. The molecule has 1 fully saturated rings. The van der Waals surface area contributed by atoms with Gasteiger partial charge >= 0.3 is 12.4 Å². The third kappa shape index (κ3) is 5.08. The largest absolute Gasteiger partial charge is 0.496 e. The second kappa shape index (κ2) is 8.87. The Morgan fingerprint density at radius 1 is 1.16 bits per heavy atom. The first-order valence-corrected chi connectivity index (χ1v) is 9.64. The Bertz CT molecular complexity index is 958. The number of pyridine rings is 1. The van der Waals surface area contributed by atoms with Crippen molar-refractivity contribution in [2.45, 2.75) is 38.2 Å². The molecule has 0 radical (unpaired) electrons. The van der Waals surface area contributed by atoms with Gasteiger partial charge in [0, 0.05) is 12.6 Å². The number of hydrogen-bond acceptors (Lipinski definition) is 4. The van der Waals surface area contributed by atoms with Gasteiger partial charge in [-0.05, 0) is 43.0 Å². The average Bonchev–Trinajstić information content (AvgIpc) is 3.20. The summed E-state index contributed by atoms with van der Waals surface area (Å²) in [6, 6.07) is 5.34. The first-order valence-electron chi connectivity index (χ1n) is 9.64. The molecule has 1 atom stereocenters. The van der Waals surface area contributed by atoms with Crippen LogP contribution in [0.5, 0.6) is 11.6 Å². The molecule has 1 aliphatic rings. The van der Waals surface area contributed by atoms with E-state index in [4.69, 9.17) is 9.47 Å². The van der Waals surface area contributed by atoms with Crippen LogP contribution in [0.1, 0.15) is 41.3 Å². The smallest absolute Gasteiger partial charge is 0.433 e. The van der Waals surface area contributed by atoms with Gasteiger partial charge in [0.15, 0.2) is 6.61 Å². The Morgan fingerprint density at radius 3 is 2.50 bits per heavy atom. The summed E-state index contributed by atoms with van der Waals surface area (Å²) in [6.45, 7) is 1.48. The summed E-state index contributed by atoms with van der Waals surface area (Å²) in [5, 5.41) is 0. The van der Waals surface area contributed by atoms with E-state index >= 15 is 0 Å². The minimum Gasteiger partial charge on any atom is -0.496 e. The van der Waals surface area contributed by atoms with Crippen molar-refractivity contribution in [1.82, 2.24) is 9.88 Å². The van der Waals surface area contributed by atoms with Crippen LogP contribution in [0.4, 0.5) is 26.3 Å². The molecule has 174 valence electrons. The molecule has 0 aliphatic carbocycles. The summed E-state index contributed by atoms with van der Waals surface area (Å²) in [5.41, 5.74) is -1.61. The van der Waals surface area contributed by atoms with Gasteiger partial charge in [-0.25, -0.2) is 4.98 Å². The summed E-state index contributed by atoms with van der Waals surface area (Å²) in [6.07, 6.45) is -8.80. The monoisotopic (exact) mass is 462 g/mol. The van der Waals surface area contributed by atoms with Crippen LogP contribution in [0.2, 0.25) is 0 Å². The topological polar surface area (TPSA) is 51.7 Å². The zero-order valence-electron chi connectivity index (χ0n) is 17.2. The van der Waals surface area contributed by atoms with E-state index in [1.807, 2.05) is 13.0 Å². The van der Waals surface area contributed by atoms with Crippen molar-refractivity contribution >= 4 is 5.91 Å². The highest BCUT2D eigenvalue weighted by molar-refractivity contribution is 5.78. The molecule has 2 heterocycles. The number of ether oxygens (including phenoxy) is 2. The second-order valence-electron chi connectivity index (χ2n) is 7.28. The van der Waals surface area contributed by atoms with E-state index in [1.54, 1.807) is 12.1 Å². The third-order valence-electron chi connectivity index (χ3n) is 5.24. The van der Waals surface area contributed by atoms with Crippen LogP contribution in [-0.4, -0.2) is 36.1 Å². The second-order valence-corrected chi connectivity index (χ2v) is 7.28. The molecule has 2 aromatic rings. The predicted octanol–water partition coefficient (Wildman–Crippen LogP) is 5.18. The molecule has 32 heavy (non-hydrogen) atoms. The maximum absolute atomic E-state index is 13.0. The summed E-state index contributed by atoms with van der Waals surface area (Å²) < 4.78 is 88.1. The molecule has 0 saturated carbocycles. The normalized spacial score (nSPS) is 16.9. The Kier molecular flexibility index (Phi) is 6.56. The van der Waals surface area contributed by atoms with Gasteiger partial charge in [0.2, 0.25) is 5.88 Å². The number of nitrogens with zero attached hydrogens (tertiary/aromatic N) is 2. The molecule has 0 bridgehead atoms. The maximum Gasteiger partial charge on any atom is 0.433 e. The van der Waals surface area contributed by atoms with Gasteiger partial charge in [0.1, 0.15) is 11.4 Å². The lowest BCUT2D eigenvalue weighted by molar-refractivity contribution is -0.145. The van der Waals surface area contributed by atoms with Crippen molar-refractivity contribution in [1.29, 1.82) is 0 Å². The van der Waals surface area contributed by atoms with Gasteiger partial charge in [0.05, 0.1) is 18.7 Å². The standard InChI is InChI=1S/C21H20F6N2O3/c1-12-14(5-3-7-16(12)31-2)15-6-4-8-29(15)19(30)11-32-18-10-13(20(22,23)24)9-17(28-18)21(25,26)27/h3,5,7,9-10,15H,4,6,8,11H2,1-2H3/t15-/m0/s1. The molecular formula is C21H20F6N2O3. The Labute approximate surface area is 179 Å². The Morgan fingerprint density at radius 2 is 1.88 bits per heavy atom. The lowest BCUT2D eigenvalue weighted by atomic mass is 9.98. The molecule has 3 rings (SSSR count). The molecule has 1 aliphatic heterocycles. The molecule has 1 aromatic heterocycles. The molecule has 0 unspecified atom stereocenters. The fourth-order valence-electron chi connectivity index (χ4n) is 3.71. The molecule has 0 spiro atoms. The summed E-state index contributed by atoms with van der Waals surface area (Å²) >= 11 is 0. The van der Waals surface area contributed by atoms with Crippen molar-refractivity contribution in [2.75, 3.05) is 20.3 Å². The summed E-state index contributed by atoms with van der Waals surface area (Å²) in [7, 11) is 1.52. The number of amides is 1. The number of halogens is 6. The third-order valence-corrected chi connectivity index (χ3v) is 5.24. The molecule has 1 amide bonds. The van der Waals surface area contributed by atoms with Crippen LogP contribution < -0.4 is 9.47 Å². The van der Waals surface area contributed by atoms with Crippen LogP contribution in [0.3, 0.4) is 0 Å². The van der Waals surface area contributed by atoms with E-state index in [0.717, 1.165) is 11.1 Å². The van der Waals surface area contributed by atoms with E-state index < -0.39 is 42.0 Å². The first-order chi connectivity index (χ1) is 14.9. The van der Waals surface area contributed by atoms with Gasteiger partial charge in [-0.15, -0.1) is 0 Å². The van der Waals surface area contributed by atoms with Gasteiger partial charge in [-0.3, -0.25) is 4.79 Å². The zero-order chi connectivity index (χ0) is 23.7. The fourth-order valence-corrected chi connectivity index (χ4v) is 3.71. The highest BCUT2D eigenvalue weighted by Gasteiger charge is 2.39.